The van der Waals surface area contributed by atoms with E-state index < -0.39 is 0 Å². The Kier molecular flexibility index (Phi) is 7.24. The number of hydrogen-bond donors (Lipinski definition) is 3. The van der Waals surface area contributed by atoms with Gasteiger partial charge in [-0.25, -0.2) is 4.98 Å². The molecular formula is C23H33N7O3S. The van der Waals surface area contributed by atoms with Crippen molar-refractivity contribution in [3.63, 3.8) is 0 Å². The minimum atomic E-state index is -0.211. The van der Waals surface area contributed by atoms with Crippen molar-refractivity contribution >= 4 is 33.2 Å². The predicted molar refractivity (Wildman–Crippen MR) is 135 cm³/mol. The van der Waals surface area contributed by atoms with Gasteiger partial charge in [-0.1, -0.05) is 11.3 Å². The number of nitrogens with zero attached hydrogens (tertiary/aromatic N) is 5. The van der Waals surface area contributed by atoms with E-state index in [1.807, 2.05) is 24.1 Å². The summed E-state index contributed by atoms with van der Waals surface area (Å²) in [6.07, 6.45) is 0. The fraction of sp³-hybridized carbons (Fsp3) is 0.522. The molecule has 1 saturated heterocycles. The van der Waals surface area contributed by atoms with Crippen molar-refractivity contribution in [1.82, 2.24) is 24.8 Å². The van der Waals surface area contributed by atoms with E-state index in [4.69, 9.17) is 14.8 Å². The molecule has 0 radical (unpaired) electrons. The number of phenolic OH excluding ortho intramolecular Hbond substituents is 1. The summed E-state index contributed by atoms with van der Waals surface area (Å²) in [4.78, 5) is 22.1. The first-order chi connectivity index (χ1) is 16.2. The van der Waals surface area contributed by atoms with Crippen LogP contribution in [-0.4, -0.2) is 89.0 Å². The lowest BCUT2D eigenvalue weighted by molar-refractivity contribution is -0.119. The Morgan fingerprint density at radius 2 is 1.94 bits per heavy atom. The van der Waals surface area contributed by atoms with E-state index in [1.165, 1.54) is 11.3 Å². The van der Waals surface area contributed by atoms with Crippen LogP contribution in [0.2, 0.25) is 0 Å². The number of carbonyl (C=O) groups is 1. The average molecular weight is 488 g/mol. The molecule has 0 unspecified atom stereocenters. The van der Waals surface area contributed by atoms with Crippen LogP contribution in [0.5, 0.6) is 5.75 Å². The van der Waals surface area contributed by atoms with E-state index in [9.17, 15) is 9.90 Å². The molecule has 3 N–H and O–H groups in total. The van der Waals surface area contributed by atoms with Gasteiger partial charge < -0.3 is 25.4 Å². The molecular weight excluding hydrogens is 454 g/mol. The number of aromatic hydroxyl groups is 1. The lowest BCUT2D eigenvalue weighted by Gasteiger charge is -2.26. The first kappa shape index (κ1) is 24.2. The van der Waals surface area contributed by atoms with E-state index >= 15 is 0 Å². The van der Waals surface area contributed by atoms with Gasteiger partial charge in [0, 0.05) is 44.3 Å². The molecule has 34 heavy (non-hydrogen) atoms. The summed E-state index contributed by atoms with van der Waals surface area (Å²) in [5.74, 6) is 0.945. The van der Waals surface area contributed by atoms with Gasteiger partial charge in [-0.3, -0.25) is 9.69 Å². The molecule has 0 aliphatic carbocycles. The molecule has 1 aliphatic rings. The number of amides is 1. The number of ether oxygens (including phenoxy) is 1. The molecule has 10 nitrogen and oxygen atoms in total. The second-order valence-electron chi connectivity index (χ2n) is 9.47. The molecule has 1 aliphatic heterocycles. The lowest BCUT2D eigenvalue weighted by Crippen LogP contribution is -2.43. The Labute approximate surface area is 203 Å². The van der Waals surface area contributed by atoms with Crippen molar-refractivity contribution in [2.75, 3.05) is 63.2 Å². The normalized spacial score (nSPS) is 14.9. The highest BCUT2D eigenvalue weighted by Crippen LogP contribution is 2.35. The lowest BCUT2D eigenvalue weighted by atomic mass is 10.1. The zero-order valence-electron chi connectivity index (χ0n) is 20.2. The molecule has 0 saturated carbocycles. The Bertz CT molecular complexity index is 1110. The van der Waals surface area contributed by atoms with E-state index in [2.05, 4.69) is 36.3 Å². The van der Waals surface area contributed by atoms with Gasteiger partial charge in [-0.15, -0.1) is 5.10 Å². The molecule has 0 bridgehead atoms. The second-order valence-corrected chi connectivity index (χ2v) is 10.4. The Morgan fingerprint density at radius 1 is 1.24 bits per heavy atom. The largest absolute Gasteiger partial charge is 0.508 e. The maximum Gasteiger partial charge on any atom is 0.239 e. The number of aromatic nitrogens is 3. The maximum atomic E-state index is 12.5. The predicted octanol–water partition coefficient (Wildman–Crippen LogP) is 2.26. The molecule has 184 valence electrons. The van der Waals surface area contributed by atoms with Gasteiger partial charge in [0.15, 0.2) is 5.82 Å². The average Bonchev–Trinajstić information content (AvgIpc) is 3.34. The Morgan fingerprint density at radius 3 is 2.62 bits per heavy atom. The van der Waals surface area contributed by atoms with Crippen LogP contribution in [0.4, 0.5) is 10.9 Å². The number of benzene rings is 1. The smallest absolute Gasteiger partial charge is 0.239 e. The van der Waals surface area contributed by atoms with Crippen LogP contribution in [0.15, 0.2) is 24.3 Å². The van der Waals surface area contributed by atoms with Crippen molar-refractivity contribution in [2.24, 2.45) is 0 Å². The zero-order chi connectivity index (χ0) is 24.3. The second kappa shape index (κ2) is 10.2. The van der Waals surface area contributed by atoms with Gasteiger partial charge in [-0.05, 0) is 45.0 Å². The van der Waals surface area contributed by atoms with E-state index in [0.717, 1.165) is 54.9 Å². The Balaban J connectivity index is 1.46. The molecule has 2 aromatic heterocycles. The summed E-state index contributed by atoms with van der Waals surface area (Å²) in [5.41, 5.74) is 1.44. The van der Waals surface area contributed by atoms with E-state index in [0.29, 0.717) is 11.7 Å². The van der Waals surface area contributed by atoms with Crippen molar-refractivity contribution < 1.29 is 14.6 Å². The first-order valence-electron chi connectivity index (χ1n) is 11.4. The van der Waals surface area contributed by atoms with Crippen LogP contribution >= 0.6 is 11.3 Å². The number of phenols is 1. The number of imidazole rings is 1. The maximum absolute atomic E-state index is 12.5. The number of morpholine rings is 1. The SMILES string of the molecule is CN(CC(=O)NCCN1CCOCC1)c1nn2c(NC(C)(C)C)c(-c3ccc(O)cc3)nc2s1. The van der Waals surface area contributed by atoms with Crippen LogP contribution < -0.4 is 15.5 Å². The number of fused-ring (bicyclic) bond motifs is 1. The zero-order valence-corrected chi connectivity index (χ0v) is 21.0. The van der Waals surface area contributed by atoms with Crippen molar-refractivity contribution in [1.29, 1.82) is 0 Å². The monoisotopic (exact) mass is 487 g/mol. The summed E-state index contributed by atoms with van der Waals surface area (Å²) in [6.45, 7) is 11.2. The summed E-state index contributed by atoms with van der Waals surface area (Å²) >= 11 is 1.43. The number of anilines is 2. The van der Waals surface area contributed by atoms with Crippen molar-refractivity contribution in [2.45, 2.75) is 26.3 Å². The third-order valence-electron chi connectivity index (χ3n) is 5.39. The molecule has 1 amide bonds. The van der Waals surface area contributed by atoms with E-state index in [1.54, 1.807) is 16.6 Å². The van der Waals surface area contributed by atoms with Gasteiger partial charge in [0.1, 0.15) is 11.4 Å². The number of rotatable bonds is 8. The van der Waals surface area contributed by atoms with Crippen molar-refractivity contribution in [3.8, 4) is 17.0 Å². The van der Waals surface area contributed by atoms with Gasteiger partial charge in [0.2, 0.25) is 16.0 Å². The number of carbonyl (C=O) groups excluding carboxylic acids is 1. The highest BCUT2D eigenvalue weighted by atomic mass is 32.1. The minimum absolute atomic E-state index is 0.0403. The summed E-state index contributed by atoms with van der Waals surface area (Å²) < 4.78 is 7.15. The fourth-order valence-corrected chi connectivity index (χ4v) is 4.56. The van der Waals surface area contributed by atoms with Crippen LogP contribution in [0, 0.1) is 0 Å². The molecule has 4 rings (SSSR count). The highest BCUT2D eigenvalue weighted by Gasteiger charge is 2.23. The summed E-state index contributed by atoms with van der Waals surface area (Å²) in [6, 6.07) is 6.97. The number of hydrogen-bond acceptors (Lipinski definition) is 9. The number of nitrogens with one attached hydrogen (secondary N) is 2. The number of likely N-dealkylation sites (N-methyl/N-ethyl adjacent to an activating group) is 1. The molecule has 1 aromatic carbocycles. The highest BCUT2D eigenvalue weighted by molar-refractivity contribution is 7.20. The summed E-state index contributed by atoms with van der Waals surface area (Å²) in [7, 11) is 1.86. The minimum Gasteiger partial charge on any atom is -0.508 e. The molecule has 3 aromatic rings. The molecule has 1 fully saturated rings. The van der Waals surface area contributed by atoms with Gasteiger partial charge in [-0.2, -0.15) is 4.52 Å². The first-order valence-corrected chi connectivity index (χ1v) is 12.3. The van der Waals surface area contributed by atoms with Crippen LogP contribution in [0.3, 0.4) is 0 Å². The third kappa shape index (κ3) is 5.96. The van der Waals surface area contributed by atoms with Gasteiger partial charge >= 0.3 is 0 Å². The Hall–Kier alpha value is -2.89. The van der Waals surface area contributed by atoms with Crippen LogP contribution in [-0.2, 0) is 9.53 Å². The standard InChI is InChI=1S/C23H33N7O3S/c1-23(2,3)26-20-19(16-5-7-17(31)8-6-16)25-21-30(20)27-22(34-21)28(4)15-18(32)24-9-10-29-11-13-33-14-12-29/h5-8,26,31H,9-15H2,1-4H3,(H,24,32). The fourth-order valence-electron chi connectivity index (χ4n) is 3.70. The molecule has 11 heteroatoms. The quantitative estimate of drug-likeness (QED) is 0.444. The van der Waals surface area contributed by atoms with Crippen LogP contribution in [0.1, 0.15) is 20.8 Å². The third-order valence-corrected chi connectivity index (χ3v) is 6.41. The topological polar surface area (TPSA) is 107 Å². The molecule has 0 atom stereocenters. The molecule has 0 spiro atoms. The van der Waals surface area contributed by atoms with Gasteiger partial charge in [0.25, 0.3) is 0 Å². The summed E-state index contributed by atoms with van der Waals surface area (Å²) in [5, 5.41) is 21.6. The van der Waals surface area contributed by atoms with Crippen molar-refractivity contribution in [3.05, 3.63) is 24.3 Å². The van der Waals surface area contributed by atoms with Crippen LogP contribution in [0.25, 0.3) is 16.2 Å². The van der Waals surface area contributed by atoms with Gasteiger partial charge in [0.05, 0.1) is 19.8 Å². The van der Waals surface area contributed by atoms with E-state index in [-0.39, 0.29) is 23.7 Å². The molecule has 3 heterocycles.